The Kier molecular flexibility index (Phi) is 4.12. The highest BCUT2D eigenvalue weighted by molar-refractivity contribution is 5.78. The zero-order valence-corrected chi connectivity index (χ0v) is 10.9. The number of aryl methyl sites for hydroxylation is 1. The van der Waals surface area contributed by atoms with E-state index in [0.717, 1.165) is 25.7 Å². The summed E-state index contributed by atoms with van der Waals surface area (Å²) in [7, 11) is 1.79. The molecule has 1 aromatic heterocycles. The molecule has 98 valence electrons. The van der Waals surface area contributed by atoms with Crippen LogP contribution in [0.2, 0.25) is 0 Å². The van der Waals surface area contributed by atoms with Gasteiger partial charge >= 0.3 is 0 Å². The quantitative estimate of drug-likeness (QED) is 0.765. The van der Waals surface area contributed by atoms with Gasteiger partial charge in [0.05, 0.1) is 6.54 Å². The molecule has 1 heterocycles. The molecule has 5 heteroatoms. The molecular weight excluding hydrogens is 230 g/mol. The van der Waals surface area contributed by atoms with Crippen LogP contribution in [0.4, 0.5) is 0 Å². The number of nitrogens with zero attached hydrogens (tertiary/aromatic N) is 3. The van der Waals surface area contributed by atoms with Gasteiger partial charge in [0, 0.05) is 19.4 Å². The third-order valence-electron chi connectivity index (χ3n) is 3.18. The Balaban J connectivity index is 1.92. The zero-order chi connectivity index (χ0) is 13.0. The van der Waals surface area contributed by atoms with Gasteiger partial charge in [-0.1, -0.05) is 19.1 Å². The van der Waals surface area contributed by atoms with Gasteiger partial charge in [0.1, 0.15) is 0 Å². The number of aromatic nitrogens is 2. The van der Waals surface area contributed by atoms with Crippen LogP contribution in [0.1, 0.15) is 38.0 Å². The second-order valence-corrected chi connectivity index (χ2v) is 4.62. The number of hydrogen-bond donors (Lipinski definition) is 0. The van der Waals surface area contributed by atoms with E-state index in [4.69, 9.17) is 4.42 Å². The SMILES string of the molecule is CCc1nnc(CN(C)C(=O)[C@@H]2CC=CCC2)o1. The summed E-state index contributed by atoms with van der Waals surface area (Å²) >= 11 is 0. The molecule has 0 unspecified atom stereocenters. The average molecular weight is 249 g/mol. The van der Waals surface area contributed by atoms with Crippen molar-refractivity contribution in [1.29, 1.82) is 0 Å². The Morgan fingerprint density at radius 3 is 2.83 bits per heavy atom. The number of hydrogen-bond acceptors (Lipinski definition) is 4. The summed E-state index contributed by atoms with van der Waals surface area (Å²) in [5, 5.41) is 7.82. The first-order chi connectivity index (χ1) is 8.70. The number of amides is 1. The van der Waals surface area contributed by atoms with Crippen molar-refractivity contribution in [3.05, 3.63) is 23.9 Å². The zero-order valence-electron chi connectivity index (χ0n) is 10.9. The third kappa shape index (κ3) is 2.97. The molecule has 0 saturated carbocycles. The van der Waals surface area contributed by atoms with Crippen molar-refractivity contribution in [2.45, 2.75) is 39.2 Å². The molecule has 0 fully saturated rings. The van der Waals surface area contributed by atoms with E-state index < -0.39 is 0 Å². The van der Waals surface area contributed by atoms with E-state index in [1.165, 1.54) is 0 Å². The number of carbonyl (C=O) groups is 1. The van der Waals surface area contributed by atoms with Crippen LogP contribution < -0.4 is 0 Å². The van der Waals surface area contributed by atoms with Crippen molar-refractivity contribution in [3.63, 3.8) is 0 Å². The molecular formula is C13H19N3O2. The first kappa shape index (κ1) is 12.8. The van der Waals surface area contributed by atoms with Gasteiger partial charge in [-0.3, -0.25) is 4.79 Å². The summed E-state index contributed by atoms with van der Waals surface area (Å²) in [5.41, 5.74) is 0. The number of allylic oxidation sites excluding steroid dienone is 2. The molecule has 1 aliphatic carbocycles. The maximum absolute atomic E-state index is 12.2. The minimum atomic E-state index is 0.105. The topological polar surface area (TPSA) is 59.2 Å². The van der Waals surface area contributed by atoms with Crippen LogP contribution in [0.5, 0.6) is 0 Å². The van der Waals surface area contributed by atoms with E-state index in [-0.39, 0.29) is 11.8 Å². The lowest BCUT2D eigenvalue weighted by Crippen LogP contribution is -2.33. The summed E-state index contributed by atoms with van der Waals surface area (Å²) in [6.45, 7) is 2.35. The van der Waals surface area contributed by atoms with Crippen LogP contribution in [-0.2, 0) is 17.8 Å². The summed E-state index contributed by atoms with van der Waals surface area (Å²) in [5.74, 6) is 1.39. The molecule has 0 aliphatic heterocycles. The summed E-state index contributed by atoms with van der Waals surface area (Å²) < 4.78 is 5.41. The minimum absolute atomic E-state index is 0.105. The second kappa shape index (κ2) is 5.80. The number of carbonyl (C=O) groups excluding carboxylic acids is 1. The van der Waals surface area contributed by atoms with E-state index in [0.29, 0.717) is 18.3 Å². The second-order valence-electron chi connectivity index (χ2n) is 4.62. The Bertz CT molecular complexity index is 439. The van der Waals surface area contributed by atoms with E-state index in [2.05, 4.69) is 22.3 Å². The van der Waals surface area contributed by atoms with E-state index >= 15 is 0 Å². The maximum Gasteiger partial charge on any atom is 0.235 e. The highest BCUT2D eigenvalue weighted by atomic mass is 16.4. The molecule has 1 aliphatic rings. The third-order valence-corrected chi connectivity index (χ3v) is 3.18. The van der Waals surface area contributed by atoms with Crippen molar-refractivity contribution in [2.24, 2.45) is 5.92 Å². The standard InChI is InChI=1S/C13H19N3O2/c1-3-11-14-15-12(18-11)9-16(2)13(17)10-7-5-4-6-8-10/h4-5,10H,3,6-9H2,1-2H3/t10-/m1/s1. The van der Waals surface area contributed by atoms with Crippen LogP contribution in [0, 0.1) is 5.92 Å². The molecule has 0 N–H and O–H groups in total. The van der Waals surface area contributed by atoms with Gasteiger partial charge in [0.25, 0.3) is 0 Å². The Hall–Kier alpha value is -1.65. The highest BCUT2D eigenvalue weighted by Crippen LogP contribution is 2.20. The van der Waals surface area contributed by atoms with Crippen LogP contribution in [0.15, 0.2) is 16.6 Å². The fourth-order valence-electron chi connectivity index (χ4n) is 2.11. The van der Waals surface area contributed by atoms with Crippen molar-refractivity contribution in [2.75, 3.05) is 7.05 Å². The molecule has 2 rings (SSSR count). The van der Waals surface area contributed by atoms with Gasteiger partial charge in [0.2, 0.25) is 17.7 Å². The van der Waals surface area contributed by atoms with E-state index in [1.807, 2.05) is 6.92 Å². The Morgan fingerprint density at radius 1 is 1.44 bits per heavy atom. The molecule has 1 atom stereocenters. The fraction of sp³-hybridized carbons (Fsp3) is 0.615. The van der Waals surface area contributed by atoms with Crippen molar-refractivity contribution < 1.29 is 9.21 Å². The van der Waals surface area contributed by atoms with Crippen LogP contribution >= 0.6 is 0 Å². The first-order valence-electron chi connectivity index (χ1n) is 6.42. The molecule has 0 radical (unpaired) electrons. The lowest BCUT2D eigenvalue weighted by atomic mass is 9.93. The van der Waals surface area contributed by atoms with Gasteiger partial charge in [-0.2, -0.15) is 0 Å². The van der Waals surface area contributed by atoms with Crippen LogP contribution in [0.3, 0.4) is 0 Å². The molecule has 5 nitrogen and oxygen atoms in total. The molecule has 18 heavy (non-hydrogen) atoms. The van der Waals surface area contributed by atoms with Gasteiger partial charge < -0.3 is 9.32 Å². The van der Waals surface area contributed by atoms with Crippen molar-refractivity contribution in [1.82, 2.24) is 15.1 Å². The minimum Gasteiger partial charge on any atom is -0.423 e. The lowest BCUT2D eigenvalue weighted by molar-refractivity contribution is -0.135. The molecule has 0 saturated heterocycles. The van der Waals surface area contributed by atoms with E-state index in [9.17, 15) is 4.79 Å². The van der Waals surface area contributed by atoms with Gasteiger partial charge in [0.15, 0.2) is 0 Å². The van der Waals surface area contributed by atoms with E-state index in [1.54, 1.807) is 11.9 Å². The summed E-state index contributed by atoms with van der Waals surface area (Å²) in [6.07, 6.45) is 7.71. The van der Waals surface area contributed by atoms with Gasteiger partial charge in [-0.15, -0.1) is 10.2 Å². The van der Waals surface area contributed by atoms with Crippen molar-refractivity contribution >= 4 is 5.91 Å². The predicted octanol–water partition coefficient (Wildman–Crippen LogP) is 1.95. The maximum atomic E-state index is 12.2. The highest BCUT2D eigenvalue weighted by Gasteiger charge is 2.23. The monoisotopic (exact) mass is 249 g/mol. The first-order valence-corrected chi connectivity index (χ1v) is 6.42. The Morgan fingerprint density at radius 2 is 2.22 bits per heavy atom. The summed E-state index contributed by atoms with van der Waals surface area (Å²) in [4.78, 5) is 13.9. The Labute approximate surface area is 107 Å². The molecule has 0 spiro atoms. The molecule has 0 bridgehead atoms. The van der Waals surface area contributed by atoms with Crippen molar-refractivity contribution in [3.8, 4) is 0 Å². The smallest absolute Gasteiger partial charge is 0.235 e. The lowest BCUT2D eigenvalue weighted by Gasteiger charge is -2.23. The fourth-order valence-corrected chi connectivity index (χ4v) is 2.11. The van der Waals surface area contributed by atoms with Crippen LogP contribution in [-0.4, -0.2) is 28.1 Å². The predicted molar refractivity (Wildman–Crippen MR) is 66.6 cm³/mol. The van der Waals surface area contributed by atoms with Crippen LogP contribution in [0.25, 0.3) is 0 Å². The molecule has 1 aromatic rings. The largest absolute Gasteiger partial charge is 0.423 e. The van der Waals surface area contributed by atoms with Gasteiger partial charge in [-0.05, 0) is 19.3 Å². The number of rotatable bonds is 4. The summed E-state index contributed by atoms with van der Waals surface area (Å²) in [6, 6.07) is 0. The normalized spacial score (nSPS) is 18.9. The molecule has 0 aromatic carbocycles. The molecule has 1 amide bonds. The average Bonchev–Trinajstić information content (AvgIpc) is 2.86. The van der Waals surface area contributed by atoms with Gasteiger partial charge in [-0.25, -0.2) is 0 Å².